The van der Waals surface area contributed by atoms with Gasteiger partial charge in [-0.05, 0) is 13.5 Å². The average Bonchev–Trinajstić information content (AvgIpc) is 2.35. The molecule has 0 heterocycles. The predicted octanol–water partition coefficient (Wildman–Crippen LogP) is -0.708. The van der Waals surface area contributed by atoms with Gasteiger partial charge >= 0.3 is 0 Å². The first-order chi connectivity index (χ1) is 7.24. The average molecular weight is 223 g/mol. The van der Waals surface area contributed by atoms with Crippen LogP contribution in [0.2, 0.25) is 0 Å². The molecule has 1 radical (unpaired) electrons. The molecular weight excluding hydrogens is 196 g/mol. The van der Waals surface area contributed by atoms with Gasteiger partial charge in [0.25, 0.3) is 0 Å². The van der Waals surface area contributed by atoms with Crippen molar-refractivity contribution in [2.45, 2.75) is 0 Å². The van der Waals surface area contributed by atoms with Crippen LogP contribution in [-0.2, 0) is 0 Å². The summed E-state index contributed by atoms with van der Waals surface area (Å²) in [5.41, 5.74) is 9.51. The molecule has 0 aliphatic carbocycles. The Kier molecular flexibility index (Phi) is 213. The van der Waals surface area contributed by atoms with Crippen molar-refractivity contribution in [2.75, 3.05) is 32.9 Å². The van der Waals surface area contributed by atoms with E-state index in [-0.39, 0.29) is 19.8 Å². The molecule has 0 aliphatic heterocycles. The molecule has 0 unspecified atom stereocenters. The van der Waals surface area contributed by atoms with Crippen molar-refractivity contribution in [3.63, 3.8) is 0 Å². The Morgan fingerprint density at radius 1 is 0.733 bits per heavy atom. The normalized spacial score (nSPS) is 5.73. The summed E-state index contributed by atoms with van der Waals surface area (Å²) in [6, 6.07) is 0. The molecule has 0 atom stereocenters. The van der Waals surface area contributed by atoms with Crippen LogP contribution in [-0.4, -0.2) is 48.2 Å². The van der Waals surface area contributed by atoms with Gasteiger partial charge in [0, 0.05) is 6.54 Å². The Bertz CT molecular complexity index is 47.9. The van der Waals surface area contributed by atoms with Crippen molar-refractivity contribution >= 4 is 0 Å². The smallest absolute Gasteiger partial charge is 0.0662 e. The molecule has 0 rings (SSSR count). The molecule has 7 N–H and O–H groups in total. The van der Waals surface area contributed by atoms with Gasteiger partial charge in [0.2, 0.25) is 0 Å². The van der Waals surface area contributed by atoms with E-state index in [0.717, 1.165) is 0 Å². The second-order valence-electron chi connectivity index (χ2n) is 1.25. The van der Waals surface area contributed by atoms with Crippen molar-refractivity contribution in [3.05, 3.63) is 33.2 Å². The quantitative estimate of drug-likeness (QED) is 0.397. The van der Waals surface area contributed by atoms with Crippen molar-refractivity contribution in [2.24, 2.45) is 11.5 Å². The zero-order chi connectivity index (χ0) is 13.5. The zero-order valence-electron chi connectivity index (χ0n) is 9.57. The zero-order valence-corrected chi connectivity index (χ0v) is 9.57. The van der Waals surface area contributed by atoms with Crippen molar-refractivity contribution < 1.29 is 15.3 Å². The van der Waals surface area contributed by atoms with E-state index in [9.17, 15) is 0 Å². The molecule has 0 aromatic heterocycles. The van der Waals surface area contributed by atoms with E-state index in [0.29, 0.717) is 13.1 Å². The molecule has 0 saturated heterocycles. The SMILES string of the molecule is C=C.C=C.NCCO.OCCO.[CH2]CN. The number of aliphatic hydroxyl groups excluding tert-OH is 3. The summed E-state index contributed by atoms with van der Waals surface area (Å²) in [7, 11) is 0. The van der Waals surface area contributed by atoms with Crippen LogP contribution < -0.4 is 11.5 Å². The maximum atomic E-state index is 7.75. The van der Waals surface area contributed by atoms with Gasteiger partial charge in [-0.1, -0.05) is 0 Å². The number of hydrogen-bond acceptors (Lipinski definition) is 5. The highest BCUT2D eigenvalue weighted by Crippen LogP contribution is 1.39. The molecule has 0 spiro atoms. The Morgan fingerprint density at radius 3 is 0.867 bits per heavy atom. The topological polar surface area (TPSA) is 113 Å². The fourth-order valence-corrected chi connectivity index (χ4v) is 0. The van der Waals surface area contributed by atoms with Crippen LogP contribution in [0.4, 0.5) is 0 Å². The highest BCUT2D eigenvalue weighted by molar-refractivity contribution is 4.25. The van der Waals surface area contributed by atoms with Crippen molar-refractivity contribution in [1.29, 1.82) is 0 Å². The lowest BCUT2D eigenvalue weighted by Crippen LogP contribution is -2.02. The summed E-state index contributed by atoms with van der Waals surface area (Å²) in [5.74, 6) is 0. The van der Waals surface area contributed by atoms with Crippen LogP contribution in [0.15, 0.2) is 26.3 Å². The van der Waals surface area contributed by atoms with E-state index < -0.39 is 0 Å². The van der Waals surface area contributed by atoms with Gasteiger partial charge in [-0.15, -0.1) is 26.3 Å². The van der Waals surface area contributed by atoms with Gasteiger partial charge in [-0.3, -0.25) is 0 Å². The van der Waals surface area contributed by atoms with E-state index in [1.165, 1.54) is 0 Å². The first-order valence-electron chi connectivity index (χ1n) is 4.27. The maximum absolute atomic E-state index is 7.75. The lowest BCUT2D eigenvalue weighted by Gasteiger charge is -1.71. The van der Waals surface area contributed by atoms with E-state index in [2.05, 4.69) is 33.2 Å². The second kappa shape index (κ2) is 109. The van der Waals surface area contributed by atoms with Gasteiger partial charge in [-0.2, -0.15) is 0 Å². The summed E-state index contributed by atoms with van der Waals surface area (Å²) in [6.45, 7) is 16.0. The lowest BCUT2D eigenvalue weighted by atomic mass is 10.8. The summed E-state index contributed by atoms with van der Waals surface area (Å²) in [5, 5.41) is 23.0. The molecule has 15 heavy (non-hydrogen) atoms. The van der Waals surface area contributed by atoms with Crippen LogP contribution in [0.3, 0.4) is 0 Å². The maximum Gasteiger partial charge on any atom is 0.0662 e. The van der Waals surface area contributed by atoms with Crippen LogP contribution in [0.25, 0.3) is 0 Å². The molecule has 0 saturated carbocycles. The molecule has 0 aromatic carbocycles. The fourth-order valence-electron chi connectivity index (χ4n) is 0. The largest absolute Gasteiger partial charge is 0.395 e. The number of rotatable bonds is 2. The van der Waals surface area contributed by atoms with Gasteiger partial charge < -0.3 is 26.8 Å². The standard InChI is InChI=1S/C2H7NO.C2H6N.C2H6O2.2C2H4/c3-1-2-4;1-2-3;3-1-2-4;2*1-2/h4H,1-3H2;1-3H2;3-4H,1-2H2;2*1-2H2. The van der Waals surface area contributed by atoms with E-state index in [1.807, 2.05) is 0 Å². The van der Waals surface area contributed by atoms with Gasteiger partial charge in [0.05, 0.1) is 19.8 Å². The third-order valence-electron chi connectivity index (χ3n) is 0.229. The first-order valence-corrected chi connectivity index (χ1v) is 4.27. The molecule has 0 fully saturated rings. The lowest BCUT2D eigenvalue weighted by molar-refractivity contribution is 0.186. The van der Waals surface area contributed by atoms with Crippen LogP contribution in [0.5, 0.6) is 0 Å². The van der Waals surface area contributed by atoms with Gasteiger partial charge in [0.1, 0.15) is 0 Å². The molecule has 0 bridgehead atoms. The number of nitrogens with two attached hydrogens (primary N) is 2. The Balaban J connectivity index is -0.0000000289. The molecule has 5 nitrogen and oxygen atoms in total. The summed E-state index contributed by atoms with van der Waals surface area (Å²) in [4.78, 5) is 0. The third-order valence-corrected chi connectivity index (χ3v) is 0.229. The minimum Gasteiger partial charge on any atom is -0.395 e. The van der Waals surface area contributed by atoms with E-state index in [1.54, 1.807) is 0 Å². The second-order valence-corrected chi connectivity index (χ2v) is 1.25. The highest BCUT2D eigenvalue weighted by Gasteiger charge is 1.58. The van der Waals surface area contributed by atoms with Gasteiger partial charge in [-0.25, -0.2) is 0 Å². The fraction of sp³-hybridized carbons (Fsp3) is 0.500. The molecule has 0 aliphatic rings. The Labute approximate surface area is 93.7 Å². The molecule has 0 aromatic rings. The molecule has 95 valence electrons. The van der Waals surface area contributed by atoms with Crippen LogP contribution >= 0.6 is 0 Å². The Hall–Kier alpha value is -0.720. The predicted molar refractivity (Wildman–Crippen MR) is 67.2 cm³/mol. The summed E-state index contributed by atoms with van der Waals surface area (Å²) < 4.78 is 0. The molecular formula is C10H27N2O3. The highest BCUT2D eigenvalue weighted by atomic mass is 16.3. The molecule has 5 heteroatoms. The molecule has 0 amide bonds. The van der Waals surface area contributed by atoms with Crippen LogP contribution in [0.1, 0.15) is 0 Å². The third kappa shape index (κ3) is 1030. The van der Waals surface area contributed by atoms with Crippen molar-refractivity contribution in [1.82, 2.24) is 0 Å². The van der Waals surface area contributed by atoms with E-state index >= 15 is 0 Å². The minimum absolute atomic E-state index is 0.0972. The number of hydrogen-bond donors (Lipinski definition) is 5. The monoisotopic (exact) mass is 223 g/mol. The van der Waals surface area contributed by atoms with E-state index in [4.69, 9.17) is 26.8 Å². The minimum atomic E-state index is -0.125. The van der Waals surface area contributed by atoms with Crippen LogP contribution in [0, 0.1) is 6.92 Å². The Morgan fingerprint density at radius 2 is 0.867 bits per heavy atom. The van der Waals surface area contributed by atoms with Gasteiger partial charge in [0.15, 0.2) is 0 Å². The van der Waals surface area contributed by atoms with Crippen molar-refractivity contribution in [3.8, 4) is 0 Å². The first kappa shape index (κ1) is 29.2. The summed E-state index contributed by atoms with van der Waals surface area (Å²) in [6.07, 6.45) is 0. The number of aliphatic hydroxyl groups is 3. The summed E-state index contributed by atoms with van der Waals surface area (Å²) >= 11 is 0.